The highest BCUT2D eigenvalue weighted by Crippen LogP contribution is 2.26. The molecule has 0 N–H and O–H groups in total. The van der Waals surface area contributed by atoms with Crippen molar-refractivity contribution in [2.45, 2.75) is 25.2 Å². The molecule has 1 aliphatic rings. The molecule has 1 aromatic carbocycles. The van der Waals surface area contributed by atoms with Crippen LogP contribution in [0.5, 0.6) is 5.75 Å². The minimum atomic E-state index is 0.680. The molecule has 1 aromatic heterocycles. The summed E-state index contributed by atoms with van der Waals surface area (Å²) in [5.74, 6) is 1.92. The Hall–Kier alpha value is -1.30. The summed E-state index contributed by atoms with van der Waals surface area (Å²) in [6.07, 6.45) is 3.82. The van der Waals surface area contributed by atoms with E-state index < -0.39 is 0 Å². The third kappa shape index (κ3) is 3.91. The number of hydrogen-bond donors (Lipinski definition) is 0. The highest BCUT2D eigenvalue weighted by atomic mass is 35.5. The molecule has 3 rings (SSSR count). The number of rotatable bonds is 4. The van der Waals surface area contributed by atoms with Gasteiger partial charge in [-0.1, -0.05) is 30.3 Å². The number of hydrogen-bond acceptors (Lipinski definition) is 5. The first-order valence-corrected chi connectivity index (χ1v) is 8.68. The molecular formula is C16H18ClN3OS. The van der Waals surface area contributed by atoms with Crippen LogP contribution in [0.25, 0.3) is 0 Å². The third-order valence-corrected chi connectivity index (χ3v) is 4.44. The summed E-state index contributed by atoms with van der Waals surface area (Å²) >= 11 is 7.74. The SMILES string of the molecule is CCSc1ncc(CN2CCOc3ccc(Cl)cc3C2)cn1. The average molecular weight is 336 g/mol. The standard InChI is InChI=1S/C16H18ClN3OS/c1-2-22-16-18-8-12(9-19-16)10-20-5-6-21-15-4-3-14(17)7-13(15)11-20/h3-4,7-9H,2,5-6,10-11H2,1H3. The van der Waals surface area contributed by atoms with E-state index in [1.807, 2.05) is 30.6 Å². The van der Waals surface area contributed by atoms with E-state index in [4.69, 9.17) is 16.3 Å². The van der Waals surface area contributed by atoms with E-state index in [-0.39, 0.29) is 0 Å². The maximum atomic E-state index is 6.09. The fraction of sp³-hybridized carbons (Fsp3) is 0.375. The normalized spacial score (nSPS) is 15.0. The molecule has 1 aliphatic heterocycles. The monoisotopic (exact) mass is 335 g/mol. The van der Waals surface area contributed by atoms with Gasteiger partial charge in [-0.25, -0.2) is 9.97 Å². The van der Waals surface area contributed by atoms with Crippen molar-refractivity contribution >= 4 is 23.4 Å². The molecule has 0 bridgehead atoms. The first-order chi connectivity index (χ1) is 10.7. The summed E-state index contributed by atoms with van der Waals surface area (Å²) in [6.45, 7) is 5.28. The van der Waals surface area contributed by atoms with Crippen LogP contribution in [0.3, 0.4) is 0 Å². The van der Waals surface area contributed by atoms with Crippen LogP contribution in [0.1, 0.15) is 18.1 Å². The van der Waals surface area contributed by atoms with Crippen molar-refractivity contribution in [2.75, 3.05) is 18.9 Å². The Kier molecular flexibility index (Phi) is 5.18. The molecular weight excluding hydrogens is 318 g/mol. The molecule has 0 radical (unpaired) electrons. The van der Waals surface area contributed by atoms with Gasteiger partial charge in [0.15, 0.2) is 5.16 Å². The first kappa shape index (κ1) is 15.6. The molecule has 2 aromatic rings. The summed E-state index contributed by atoms with van der Waals surface area (Å²) in [6, 6.07) is 5.79. The average Bonchev–Trinajstić information content (AvgIpc) is 2.70. The molecule has 6 heteroatoms. The van der Waals surface area contributed by atoms with Gasteiger partial charge in [-0.3, -0.25) is 4.90 Å². The Morgan fingerprint density at radius 3 is 2.91 bits per heavy atom. The summed E-state index contributed by atoms with van der Waals surface area (Å²) in [7, 11) is 0. The van der Waals surface area contributed by atoms with Gasteiger partial charge in [-0.15, -0.1) is 0 Å². The van der Waals surface area contributed by atoms with E-state index in [2.05, 4.69) is 21.8 Å². The number of fused-ring (bicyclic) bond motifs is 1. The van der Waals surface area contributed by atoms with Crippen molar-refractivity contribution < 1.29 is 4.74 Å². The van der Waals surface area contributed by atoms with Crippen LogP contribution in [-0.2, 0) is 13.1 Å². The zero-order chi connectivity index (χ0) is 15.4. The second-order valence-corrected chi connectivity index (χ2v) is 6.79. The predicted molar refractivity (Wildman–Crippen MR) is 89.5 cm³/mol. The number of nitrogens with zero attached hydrogens (tertiary/aromatic N) is 3. The van der Waals surface area contributed by atoms with Gasteiger partial charge in [0, 0.05) is 48.2 Å². The lowest BCUT2D eigenvalue weighted by Gasteiger charge is -2.19. The molecule has 4 nitrogen and oxygen atoms in total. The smallest absolute Gasteiger partial charge is 0.187 e. The molecule has 0 aliphatic carbocycles. The number of halogens is 1. The van der Waals surface area contributed by atoms with Crippen LogP contribution in [0.4, 0.5) is 0 Å². The van der Waals surface area contributed by atoms with E-state index >= 15 is 0 Å². The quantitative estimate of drug-likeness (QED) is 0.630. The van der Waals surface area contributed by atoms with Crippen LogP contribution in [0.2, 0.25) is 5.02 Å². The van der Waals surface area contributed by atoms with E-state index in [1.54, 1.807) is 11.8 Å². The molecule has 2 heterocycles. The molecule has 116 valence electrons. The Bertz CT molecular complexity index is 636. The van der Waals surface area contributed by atoms with Crippen molar-refractivity contribution in [3.63, 3.8) is 0 Å². The van der Waals surface area contributed by atoms with Crippen LogP contribution in [0, 0.1) is 0 Å². The zero-order valence-corrected chi connectivity index (χ0v) is 14.0. The van der Waals surface area contributed by atoms with Gasteiger partial charge < -0.3 is 4.74 Å². The lowest BCUT2D eigenvalue weighted by atomic mass is 10.2. The van der Waals surface area contributed by atoms with Crippen molar-refractivity contribution in [2.24, 2.45) is 0 Å². The predicted octanol–water partition coefficient (Wildman–Crippen LogP) is 3.64. The van der Waals surface area contributed by atoms with Gasteiger partial charge in [0.1, 0.15) is 12.4 Å². The van der Waals surface area contributed by atoms with Crippen molar-refractivity contribution in [3.8, 4) is 5.75 Å². The number of thioether (sulfide) groups is 1. The summed E-state index contributed by atoms with van der Waals surface area (Å²) < 4.78 is 5.79. The van der Waals surface area contributed by atoms with Crippen molar-refractivity contribution in [3.05, 3.63) is 46.7 Å². The second-order valence-electron chi connectivity index (χ2n) is 5.12. The van der Waals surface area contributed by atoms with Crippen molar-refractivity contribution in [1.29, 1.82) is 0 Å². The maximum Gasteiger partial charge on any atom is 0.187 e. The van der Waals surface area contributed by atoms with Gasteiger partial charge in [0.25, 0.3) is 0 Å². The van der Waals surface area contributed by atoms with Crippen LogP contribution >= 0.6 is 23.4 Å². The molecule has 0 amide bonds. The summed E-state index contributed by atoms with van der Waals surface area (Å²) in [5.41, 5.74) is 2.25. The van der Waals surface area contributed by atoms with E-state index in [1.165, 1.54) is 0 Å². The highest BCUT2D eigenvalue weighted by molar-refractivity contribution is 7.99. The molecule has 0 saturated heterocycles. The Morgan fingerprint density at radius 2 is 2.14 bits per heavy atom. The van der Waals surface area contributed by atoms with Crippen LogP contribution in [0.15, 0.2) is 35.7 Å². The molecule has 0 atom stereocenters. The van der Waals surface area contributed by atoms with Crippen LogP contribution in [-0.4, -0.2) is 33.8 Å². The zero-order valence-electron chi connectivity index (χ0n) is 12.5. The van der Waals surface area contributed by atoms with Crippen molar-refractivity contribution in [1.82, 2.24) is 14.9 Å². The topological polar surface area (TPSA) is 38.2 Å². The largest absolute Gasteiger partial charge is 0.492 e. The Morgan fingerprint density at radius 1 is 1.32 bits per heavy atom. The van der Waals surface area contributed by atoms with Gasteiger partial charge >= 0.3 is 0 Å². The minimum Gasteiger partial charge on any atom is -0.492 e. The maximum absolute atomic E-state index is 6.09. The number of aromatic nitrogens is 2. The molecule has 0 unspecified atom stereocenters. The summed E-state index contributed by atoms with van der Waals surface area (Å²) in [4.78, 5) is 11.1. The molecule has 22 heavy (non-hydrogen) atoms. The second kappa shape index (κ2) is 7.31. The molecule has 0 spiro atoms. The molecule has 0 fully saturated rings. The van der Waals surface area contributed by atoms with Crippen LogP contribution < -0.4 is 4.74 Å². The van der Waals surface area contributed by atoms with E-state index in [9.17, 15) is 0 Å². The minimum absolute atomic E-state index is 0.680. The number of ether oxygens (including phenoxy) is 1. The van der Waals surface area contributed by atoms with E-state index in [0.29, 0.717) is 6.61 Å². The lowest BCUT2D eigenvalue weighted by Crippen LogP contribution is -2.25. The van der Waals surface area contributed by atoms with Gasteiger partial charge in [-0.2, -0.15) is 0 Å². The van der Waals surface area contributed by atoms with Gasteiger partial charge in [-0.05, 0) is 24.0 Å². The first-order valence-electron chi connectivity index (χ1n) is 7.32. The Balaban J connectivity index is 1.70. The third-order valence-electron chi connectivity index (χ3n) is 3.44. The fourth-order valence-electron chi connectivity index (χ4n) is 2.44. The number of benzene rings is 1. The lowest BCUT2D eigenvalue weighted by molar-refractivity contribution is 0.219. The van der Waals surface area contributed by atoms with Gasteiger partial charge in [0.2, 0.25) is 0 Å². The fourth-order valence-corrected chi connectivity index (χ4v) is 3.15. The van der Waals surface area contributed by atoms with E-state index in [0.717, 1.165) is 52.4 Å². The van der Waals surface area contributed by atoms with Gasteiger partial charge in [0.05, 0.1) is 0 Å². The molecule has 0 saturated carbocycles. The summed E-state index contributed by atoms with van der Waals surface area (Å²) in [5, 5.41) is 1.58. The highest BCUT2D eigenvalue weighted by Gasteiger charge is 2.16. The Labute approximate surface area is 139 Å².